The van der Waals surface area contributed by atoms with Crippen LogP contribution in [0.15, 0.2) is 30.5 Å². The number of hydrogen-bond acceptors (Lipinski definition) is 7. The zero-order chi connectivity index (χ0) is 30.7. The number of aromatic nitrogens is 1. The Labute approximate surface area is 236 Å². The second-order valence-corrected chi connectivity index (χ2v) is 9.94. The predicted molar refractivity (Wildman–Crippen MR) is 148 cm³/mol. The van der Waals surface area contributed by atoms with Crippen molar-refractivity contribution in [2.45, 2.75) is 76.5 Å². The van der Waals surface area contributed by atoms with Gasteiger partial charge in [0.2, 0.25) is 23.6 Å². The second kappa shape index (κ2) is 15.4. The van der Waals surface area contributed by atoms with E-state index in [0.29, 0.717) is 12.0 Å². The first-order valence-corrected chi connectivity index (χ1v) is 13.3. The van der Waals surface area contributed by atoms with Gasteiger partial charge in [-0.15, -0.1) is 0 Å². The zero-order valence-corrected chi connectivity index (χ0v) is 23.0. The minimum atomic E-state index is -1.51. The predicted octanol–water partition coefficient (Wildman–Crippen LogP) is -0.247. The van der Waals surface area contributed by atoms with Crippen molar-refractivity contribution in [2.75, 3.05) is 0 Å². The number of carboxylic acid groups (broad SMARTS) is 2. The van der Waals surface area contributed by atoms with Crippen LogP contribution in [0.2, 0.25) is 0 Å². The molecule has 4 amide bonds. The number of benzene rings is 1. The summed E-state index contributed by atoms with van der Waals surface area (Å²) < 4.78 is 0. The van der Waals surface area contributed by atoms with E-state index < -0.39 is 66.2 Å². The van der Waals surface area contributed by atoms with Crippen LogP contribution in [0.4, 0.5) is 0 Å². The maximum Gasteiger partial charge on any atom is 0.326 e. The van der Waals surface area contributed by atoms with Crippen LogP contribution in [-0.4, -0.2) is 74.9 Å². The molecule has 0 spiro atoms. The fourth-order valence-electron chi connectivity index (χ4n) is 4.18. The van der Waals surface area contributed by atoms with Crippen LogP contribution in [0.5, 0.6) is 0 Å². The van der Waals surface area contributed by atoms with Crippen LogP contribution in [0, 0.1) is 5.92 Å². The number of nitrogens with two attached hydrogens (primary N) is 2. The first-order chi connectivity index (χ1) is 19.3. The number of primary amides is 1. The van der Waals surface area contributed by atoms with Gasteiger partial charge in [0.05, 0.1) is 6.04 Å². The topological polar surface area (TPSA) is 247 Å². The monoisotopic (exact) mass is 574 g/mol. The molecule has 0 fully saturated rings. The molecule has 1 aromatic heterocycles. The number of amides is 4. The lowest BCUT2D eigenvalue weighted by atomic mass is 9.96. The molecule has 0 aliphatic rings. The zero-order valence-electron chi connectivity index (χ0n) is 23.0. The van der Waals surface area contributed by atoms with Gasteiger partial charge in [-0.25, -0.2) is 4.79 Å². The molecule has 14 nitrogen and oxygen atoms in total. The number of H-pyrrole nitrogens is 1. The van der Waals surface area contributed by atoms with Gasteiger partial charge >= 0.3 is 11.9 Å². The molecular weight excluding hydrogens is 536 g/mol. The Bertz CT molecular complexity index is 1260. The standard InChI is InChI=1S/C27H38N6O8/c1-3-14(2)23(33-24(37)17(28)8-10-21(29)34)26(39)32-20(12-15-13-30-18-7-5-4-6-16(15)18)25(38)31-19(27(40)41)9-11-22(35)36/h4-7,13-14,17,19-20,23,30H,3,8-12,28H2,1-2H3,(H2,29,34)(H,31,38)(H,32,39)(H,33,37)(H,35,36)(H,40,41). The van der Waals surface area contributed by atoms with Gasteiger partial charge < -0.3 is 42.6 Å². The SMILES string of the molecule is CCC(C)C(NC(=O)C(N)CCC(N)=O)C(=O)NC(Cc1c[nH]c2ccccc12)C(=O)NC(CCC(=O)O)C(=O)O. The Morgan fingerprint density at radius 3 is 2.17 bits per heavy atom. The largest absolute Gasteiger partial charge is 0.481 e. The summed E-state index contributed by atoms with van der Waals surface area (Å²) in [6.07, 6.45) is 1.12. The summed E-state index contributed by atoms with van der Waals surface area (Å²) in [4.78, 5) is 76.4. The number of carbonyl (C=O) groups is 6. The number of aromatic amines is 1. The minimum absolute atomic E-state index is 0.0193. The average molecular weight is 575 g/mol. The quantitative estimate of drug-likeness (QED) is 0.124. The lowest BCUT2D eigenvalue weighted by Crippen LogP contribution is -2.59. The maximum absolute atomic E-state index is 13.5. The smallest absolute Gasteiger partial charge is 0.326 e. The van der Waals surface area contributed by atoms with Crippen LogP contribution in [-0.2, 0) is 35.2 Å². The first kappa shape index (κ1) is 32.8. The molecule has 41 heavy (non-hydrogen) atoms. The fraction of sp³-hybridized carbons (Fsp3) is 0.481. The Kier molecular flexibility index (Phi) is 12.3. The van der Waals surface area contributed by atoms with Crippen LogP contribution in [0.25, 0.3) is 10.9 Å². The summed E-state index contributed by atoms with van der Waals surface area (Å²) in [5, 5.41) is 26.8. The third kappa shape index (κ3) is 9.90. The van der Waals surface area contributed by atoms with Crippen molar-refractivity contribution in [1.29, 1.82) is 0 Å². The van der Waals surface area contributed by atoms with Gasteiger partial charge in [-0.05, 0) is 30.4 Å². The normalized spacial score (nSPS) is 14.7. The molecule has 0 aliphatic carbocycles. The Morgan fingerprint density at radius 2 is 1.56 bits per heavy atom. The number of carboxylic acids is 2. The molecule has 2 rings (SSSR count). The molecular formula is C27H38N6O8. The van der Waals surface area contributed by atoms with E-state index >= 15 is 0 Å². The van der Waals surface area contributed by atoms with E-state index in [0.717, 1.165) is 10.9 Å². The molecule has 0 bridgehead atoms. The minimum Gasteiger partial charge on any atom is -0.481 e. The van der Waals surface area contributed by atoms with Gasteiger partial charge in [0, 0.05) is 36.4 Å². The van der Waals surface area contributed by atoms with Crippen molar-refractivity contribution < 1.29 is 39.0 Å². The van der Waals surface area contributed by atoms with Crippen molar-refractivity contribution in [3.05, 3.63) is 36.0 Å². The highest BCUT2D eigenvalue weighted by Gasteiger charge is 2.33. The maximum atomic E-state index is 13.5. The van der Waals surface area contributed by atoms with E-state index in [2.05, 4.69) is 20.9 Å². The Morgan fingerprint density at radius 1 is 0.902 bits per heavy atom. The summed E-state index contributed by atoms with van der Waals surface area (Å²) in [5.74, 6) is -5.88. The highest BCUT2D eigenvalue weighted by atomic mass is 16.4. The number of carbonyl (C=O) groups excluding carboxylic acids is 4. The summed E-state index contributed by atoms with van der Waals surface area (Å²) in [6, 6.07) is 2.28. The molecule has 0 radical (unpaired) electrons. The summed E-state index contributed by atoms with van der Waals surface area (Å²) in [5.41, 5.74) is 12.4. The number of nitrogens with one attached hydrogen (secondary N) is 4. The van der Waals surface area contributed by atoms with Gasteiger partial charge in [-0.1, -0.05) is 38.5 Å². The molecule has 1 heterocycles. The van der Waals surface area contributed by atoms with E-state index in [1.807, 2.05) is 18.2 Å². The van der Waals surface area contributed by atoms with Crippen molar-refractivity contribution >= 4 is 46.5 Å². The molecule has 0 saturated heterocycles. The first-order valence-electron chi connectivity index (χ1n) is 13.3. The number of rotatable bonds is 17. The van der Waals surface area contributed by atoms with Gasteiger partial charge in [0.1, 0.15) is 18.1 Å². The van der Waals surface area contributed by atoms with Crippen LogP contribution < -0.4 is 27.4 Å². The third-order valence-electron chi connectivity index (χ3n) is 6.83. The van der Waals surface area contributed by atoms with Crippen molar-refractivity contribution in [1.82, 2.24) is 20.9 Å². The number of para-hydroxylation sites is 1. The van der Waals surface area contributed by atoms with E-state index in [-0.39, 0.29) is 31.6 Å². The van der Waals surface area contributed by atoms with Gasteiger partial charge in [0.15, 0.2) is 0 Å². The molecule has 5 atom stereocenters. The summed E-state index contributed by atoms with van der Waals surface area (Å²) in [7, 11) is 0. The molecule has 14 heteroatoms. The number of fused-ring (bicyclic) bond motifs is 1. The lowest BCUT2D eigenvalue weighted by Gasteiger charge is -2.28. The third-order valence-corrected chi connectivity index (χ3v) is 6.83. The molecule has 0 saturated carbocycles. The molecule has 10 N–H and O–H groups in total. The molecule has 5 unspecified atom stereocenters. The van der Waals surface area contributed by atoms with E-state index in [9.17, 15) is 33.9 Å². The van der Waals surface area contributed by atoms with E-state index in [1.165, 1.54) is 0 Å². The van der Waals surface area contributed by atoms with E-state index in [1.54, 1.807) is 26.1 Å². The van der Waals surface area contributed by atoms with Gasteiger partial charge in [0.25, 0.3) is 0 Å². The van der Waals surface area contributed by atoms with E-state index in [4.69, 9.17) is 16.6 Å². The number of hydrogen-bond donors (Lipinski definition) is 8. The molecule has 0 aliphatic heterocycles. The number of aliphatic carboxylic acids is 2. The summed E-state index contributed by atoms with van der Waals surface area (Å²) >= 11 is 0. The van der Waals surface area contributed by atoms with Crippen molar-refractivity contribution in [2.24, 2.45) is 17.4 Å². The fourth-order valence-corrected chi connectivity index (χ4v) is 4.18. The van der Waals surface area contributed by atoms with Gasteiger partial charge in [-0.2, -0.15) is 0 Å². The Balaban J connectivity index is 2.32. The second-order valence-electron chi connectivity index (χ2n) is 9.94. The Hall–Kier alpha value is -4.46. The lowest BCUT2D eigenvalue weighted by molar-refractivity contribution is -0.143. The van der Waals surface area contributed by atoms with Crippen molar-refractivity contribution in [3.63, 3.8) is 0 Å². The van der Waals surface area contributed by atoms with Crippen LogP contribution >= 0.6 is 0 Å². The molecule has 224 valence electrons. The van der Waals surface area contributed by atoms with Crippen LogP contribution in [0.1, 0.15) is 51.5 Å². The van der Waals surface area contributed by atoms with Gasteiger partial charge in [-0.3, -0.25) is 24.0 Å². The summed E-state index contributed by atoms with van der Waals surface area (Å²) in [6.45, 7) is 3.53. The highest BCUT2D eigenvalue weighted by molar-refractivity contribution is 5.95. The molecule has 2 aromatic rings. The highest BCUT2D eigenvalue weighted by Crippen LogP contribution is 2.20. The average Bonchev–Trinajstić information content (AvgIpc) is 3.33. The van der Waals surface area contributed by atoms with Crippen LogP contribution in [0.3, 0.4) is 0 Å². The van der Waals surface area contributed by atoms with Crippen molar-refractivity contribution in [3.8, 4) is 0 Å². The molecule has 1 aromatic carbocycles.